The maximum absolute atomic E-state index is 13.3. The summed E-state index contributed by atoms with van der Waals surface area (Å²) < 4.78 is 5.80. The van der Waals surface area contributed by atoms with Crippen LogP contribution in [-0.4, -0.2) is 35.9 Å². The molecule has 2 amide bonds. The third-order valence-corrected chi connectivity index (χ3v) is 6.40. The molecule has 0 saturated heterocycles. The number of unbranched alkanes of at least 4 members (excludes halogenated alkanes) is 1. The van der Waals surface area contributed by atoms with Crippen LogP contribution >= 0.6 is 23.2 Å². The van der Waals surface area contributed by atoms with Crippen LogP contribution in [0.4, 0.5) is 0 Å². The van der Waals surface area contributed by atoms with Crippen molar-refractivity contribution in [3.63, 3.8) is 0 Å². The van der Waals surface area contributed by atoms with Crippen molar-refractivity contribution in [3.8, 4) is 5.75 Å². The molecule has 0 radical (unpaired) electrons. The molecule has 0 aromatic heterocycles. The average molecular weight is 508 g/mol. The highest BCUT2D eigenvalue weighted by molar-refractivity contribution is 6.36. The Labute approximate surface area is 213 Å². The lowest BCUT2D eigenvalue weighted by Crippen LogP contribution is -2.50. The summed E-state index contributed by atoms with van der Waals surface area (Å²) in [5, 5.41) is 3.84. The highest BCUT2D eigenvalue weighted by atomic mass is 35.5. The molecule has 0 saturated carbocycles. The van der Waals surface area contributed by atoms with Crippen LogP contribution in [0.3, 0.4) is 0 Å². The third kappa shape index (κ3) is 7.92. The highest BCUT2D eigenvalue weighted by Gasteiger charge is 2.30. The number of ether oxygens (including phenoxy) is 1. The molecule has 0 bridgehead atoms. The predicted octanol–water partition coefficient (Wildman–Crippen LogP) is 6.39. The molecule has 0 heterocycles. The zero-order chi connectivity index (χ0) is 25.3. The largest absolute Gasteiger partial charge is 0.484 e. The van der Waals surface area contributed by atoms with Crippen LogP contribution in [0.5, 0.6) is 5.75 Å². The smallest absolute Gasteiger partial charge is 0.261 e. The van der Waals surface area contributed by atoms with Crippen LogP contribution in [0.1, 0.15) is 65.0 Å². The van der Waals surface area contributed by atoms with Gasteiger partial charge in [-0.15, -0.1) is 0 Å². The Morgan fingerprint density at radius 3 is 2.18 bits per heavy atom. The van der Waals surface area contributed by atoms with Crippen molar-refractivity contribution in [1.29, 1.82) is 0 Å². The molecular weight excluding hydrogens is 471 g/mol. The Bertz CT molecular complexity index is 935. The zero-order valence-corrected chi connectivity index (χ0v) is 22.3. The van der Waals surface area contributed by atoms with Crippen molar-refractivity contribution in [2.24, 2.45) is 0 Å². The molecule has 2 rings (SSSR count). The van der Waals surface area contributed by atoms with E-state index in [9.17, 15) is 9.59 Å². The van der Waals surface area contributed by atoms with E-state index in [4.69, 9.17) is 27.9 Å². The Balaban J connectivity index is 2.23. The first-order valence-corrected chi connectivity index (χ1v) is 12.6. The van der Waals surface area contributed by atoms with Gasteiger partial charge in [0, 0.05) is 28.7 Å². The summed E-state index contributed by atoms with van der Waals surface area (Å²) in [6, 6.07) is 12.2. The fraction of sp³-hybridized carbons (Fsp3) is 0.481. The van der Waals surface area contributed by atoms with Crippen LogP contribution < -0.4 is 10.1 Å². The second-order valence-corrected chi connectivity index (χ2v) is 10.2. The molecule has 5 nitrogen and oxygen atoms in total. The van der Waals surface area contributed by atoms with Crippen molar-refractivity contribution in [1.82, 2.24) is 10.2 Å². The number of nitrogens with one attached hydrogen (secondary N) is 1. The van der Waals surface area contributed by atoms with Crippen molar-refractivity contribution in [2.75, 3.05) is 13.2 Å². The highest BCUT2D eigenvalue weighted by Crippen LogP contribution is 2.27. The van der Waals surface area contributed by atoms with E-state index in [0.717, 1.165) is 12.8 Å². The summed E-state index contributed by atoms with van der Waals surface area (Å²) in [5.74, 6) is 0.0907. The molecule has 0 aliphatic heterocycles. The zero-order valence-electron chi connectivity index (χ0n) is 20.8. The van der Waals surface area contributed by atoms with Gasteiger partial charge in [-0.25, -0.2) is 0 Å². The minimum Gasteiger partial charge on any atom is -0.484 e. The number of hydrogen-bond donors (Lipinski definition) is 1. The maximum Gasteiger partial charge on any atom is 0.261 e. The van der Waals surface area contributed by atoms with Crippen LogP contribution in [-0.2, 0) is 21.5 Å². The minimum atomic E-state index is -0.663. The summed E-state index contributed by atoms with van der Waals surface area (Å²) in [6.07, 6.45) is 2.29. The molecule has 0 aliphatic carbocycles. The van der Waals surface area contributed by atoms with Gasteiger partial charge in [-0.3, -0.25) is 9.59 Å². The van der Waals surface area contributed by atoms with E-state index in [1.807, 2.05) is 31.2 Å². The first-order valence-electron chi connectivity index (χ1n) is 11.8. The molecular formula is C27H36Cl2N2O3. The minimum absolute atomic E-state index is 0.0266. The molecule has 0 fully saturated rings. The number of carbonyl (C=O) groups is 2. The van der Waals surface area contributed by atoms with Crippen LogP contribution in [0.15, 0.2) is 42.5 Å². The lowest BCUT2D eigenvalue weighted by molar-refractivity contribution is -0.143. The molecule has 1 N–H and O–H groups in total. The summed E-state index contributed by atoms with van der Waals surface area (Å²) in [4.78, 5) is 27.8. The summed E-state index contributed by atoms with van der Waals surface area (Å²) in [6.45, 7) is 10.8. The lowest BCUT2D eigenvalue weighted by Gasteiger charge is -2.31. The van der Waals surface area contributed by atoms with Gasteiger partial charge in [0.05, 0.1) is 0 Å². The van der Waals surface area contributed by atoms with E-state index in [-0.39, 0.29) is 30.4 Å². The van der Waals surface area contributed by atoms with Gasteiger partial charge in [-0.1, -0.05) is 82.4 Å². The molecule has 7 heteroatoms. The molecule has 1 atom stereocenters. The number of halogens is 2. The molecule has 2 aromatic carbocycles. The SMILES string of the molecule is CCCCNC(=O)[C@@H](CC)N(Cc1c(Cl)cccc1Cl)C(=O)COc1ccc(C(C)(C)C)cc1. The van der Waals surface area contributed by atoms with Crippen molar-refractivity contribution >= 4 is 35.0 Å². The van der Waals surface area contributed by atoms with Crippen molar-refractivity contribution in [3.05, 3.63) is 63.6 Å². The van der Waals surface area contributed by atoms with Gasteiger partial charge in [0.25, 0.3) is 5.91 Å². The van der Waals surface area contributed by atoms with E-state index in [1.54, 1.807) is 18.2 Å². The van der Waals surface area contributed by atoms with Gasteiger partial charge < -0.3 is 15.0 Å². The number of hydrogen-bond acceptors (Lipinski definition) is 3. The number of rotatable bonds is 11. The quantitative estimate of drug-likeness (QED) is 0.359. The summed E-state index contributed by atoms with van der Waals surface area (Å²) in [5.41, 5.74) is 1.81. The van der Waals surface area contributed by atoms with Gasteiger partial charge in [-0.05, 0) is 48.1 Å². The number of amides is 2. The Hall–Kier alpha value is -2.24. The normalized spacial score (nSPS) is 12.2. The van der Waals surface area contributed by atoms with Crippen molar-refractivity contribution in [2.45, 2.75) is 71.9 Å². The molecule has 2 aromatic rings. The van der Waals surface area contributed by atoms with Gasteiger partial charge in [-0.2, -0.15) is 0 Å². The van der Waals surface area contributed by atoms with Crippen molar-refractivity contribution < 1.29 is 14.3 Å². The van der Waals surface area contributed by atoms with Gasteiger partial charge in [0.15, 0.2) is 6.61 Å². The van der Waals surface area contributed by atoms with E-state index >= 15 is 0 Å². The number of benzene rings is 2. The van der Waals surface area contributed by atoms with Gasteiger partial charge in [0.1, 0.15) is 11.8 Å². The molecule has 34 heavy (non-hydrogen) atoms. The standard InChI is InChI=1S/C27H36Cl2N2O3/c1-6-8-16-30-26(33)24(7-2)31(17-21-22(28)10-9-11-23(21)29)25(32)18-34-20-14-12-19(13-15-20)27(3,4)5/h9-15,24H,6-8,16-18H2,1-5H3,(H,30,33)/t24-/m1/s1. The molecule has 0 spiro atoms. The Kier molecular flexibility index (Phi) is 10.7. The van der Waals surface area contributed by atoms with E-state index in [1.165, 1.54) is 10.5 Å². The van der Waals surface area contributed by atoms with E-state index in [0.29, 0.717) is 34.3 Å². The fourth-order valence-electron chi connectivity index (χ4n) is 3.56. The number of carbonyl (C=O) groups excluding carboxylic acids is 2. The topological polar surface area (TPSA) is 58.6 Å². The first kappa shape index (κ1) is 28.0. The Morgan fingerprint density at radius 2 is 1.65 bits per heavy atom. The monoisotopic (exact) mass is 506 g/mol. The fourth-order valence-corrected chi connectivity index (χ4v) is 4.08. The summed E-state index contributed by atoms with van der Waals surface area (Å²) in [7, 11) is 0. The van der Waals surface area contributed by atoms with E-state index in [2.05, 4.69) is 33.0 Å². The van der Waals surface area contributed by atoms with Crippen LogP contribution in [0, 0.1) is 0 Å². The average Bonchev–Trinajstić information content (AvgIpc) is 2.79. The molecule has 0 aliphatic rings. The van der Waals surface area contributed by atoms with Crippen LogP contribution in [0.25, 0.3) is 0 Å². The van der Waals surface area contributed by atoms with Crippen LogP contribution in [0.2, 0.25) is 10.0 Å². The maximum atomic E-state index is 13.3. The van der Waals surface area contributed by atoms with Gasteiger partial charge in [0.2, 0.25) is 5.91 Å². The first-order chi connectivity index (χ1) is 16.1. The molecule has 0 unspecified atom stereocenters. The second kappa shape index (κ2) is 13.0. The van der Waals surface area contributed by atoms with E-state index < -0.39 is 6.04 Å². The Morgan fingerprint density at radius 1 is 1.03 bits per heavy atom. The number of nitrogens with zero attached hydrogens (tertiary/aromatic N) is 1. The summed E-state index contributed by atoms with van der Waals surface area (Å²) >= 11 is 12.8. The lowest BCUT2D eigenvalue weighted by atomic mass is 9.87. The third-order valence-electron chi connectivity index (χ3n) is 5.69. The molecule has 186 valence electrons. The van der Waals surface area contributed by atoms with Gasteiger partial charge >= 0.3 is 0 Å². The predicted molar refractivity (Wildman–Crippen MR) is 140 cm³/mol. The second-order valence-electron chi connectivity index (χ2n) is 9.35.